The predicted octanol–water partition coefficient (Wildman–Crippen LogP) is 2.76. The number of nitrogens with zero attached hydrogens (tertiary/aromatic N) is 2. The highest BCUT2D eigenvalue weighted by molar-refractivity contribution is 8.14. The minimum atomic E-state index is -0.959. The minimum absolute atomic E-state index is 0.113. The van der Waals surface area contributed by atoms with Crippen LogP contribution in [0.5, 0.6) is 0 Å². The molecule has 0 radical (unpaired) electrons. The molecule has 0 aromatic heterocycles. The van der Waals surface area contributed by atoms with Crippen molar-refractivity contribution in [2.45, 2.75) is 6.54 Å². The number of benzene rings is 2. The molecular formula is C17H13FN4O5S. The predicted molar refractivity (Wildman–Crippen MR) is 100 cm³/mol. The van der Waals surface area contributed by atoms with E-state index >= 15 is 0 Å². The quantitative estimate of drug-likeness (QED) is 0.444. The van der Waals surface area contributed by atoms with Gasteiger partial charge in [0.2, 0.25) is 5.91 Å². The Morgan fingerprint density at radius 2 is 1.96 bits per heavy atom. The Morgan fingerprint density at radius 1 is 1.29 bits per heavy atom. The highest BCUT2D eigenvalue weighted by Crippen LogP contribution is 2.27. The van der Waals surface area contributed by atoms with Crippen LogP contribution in [0.2, 0.25) is 0 Å². The summed E-state index contributed by atoms with van der Waals surface area (Å²) in [4.78, 5) is 46.7. The number of thioether (sulfide) groups is 1. The molecule has 0 aliphatic carbocycles. The van der Waals surface area contributed by atoms with Gasteiger partial charge in [-0.1, -0.05) is 23.9 Å². The van der Waals surface area contributed by atoms with Crippen molar-refractivity contribution < 1.29 is 23.7 Å². The van der Waals surface area contributed by atoms with Crippen LogP contribution < -0.4 is 11.1 Å². The van der Waals surface area contributed by atoms with Crippen LogP contribution in [-0.4, -0.2) is 32.6 Å². The van der Waals surface area contributed by atoms with Crippen molar-refractivity contribution >= 4 is 45.9 Å². The van der Waals surface area contributed by atoms with E-state index in [1.165, 1.54) is 12.1 Å². The van der Waals surface area contributed by atoms with Gasteiger partial charge in [-0.15, -0.1) is 0 Å². The van der Waals surface area contributed by atoms with Crippen molar-refractivity contribution in [3.8, 4) is 0 Å². The first kappa shape index (κ1) is 19.3. The number of hydrogen-bond acceptors (Lipinski definition) is 7. The molecule has 28 heavy (non-hydrogen) atoms. The summed E-state index contributed by atoms with van der Waals surface area (Å²) in [6.45, 7) is 0.113. The van der Waals surface area contributed by atoms with Gasteiger partial charge in [0.25, 0.3) is 16.8 Å². The third kappa shape index (κ3) is 3.93. The summed E-state index contributed by atoms with van der Waals surface area (Å²) in [6.07, 6.45) is 0. The van der Waals surface area contributed by atoms with Crippen LogP contribution in [-0.2, 0) is 11.3 Å². The molecule has 3 rings (SSSR count). The lowest BCUT2D eigenvalue weighted by Crippen LogP contribution is -2.27. The third-order valence-corrected chi connectivity index (χ3v) is 4.82. The molecule has 2 aromatic carbocycles. The SMILES string of the molecule is Nc1c(C(=O)Nc2ccc(CN3C(=O)CSC3=O)cc2)cc(F)cc1[N+](=O)[O-]. The van der Waals surface area contributed by atoms with Crippen LogP contribution in [0.1, 0.15) is 15.9 Å². The number of carbonyl (C=O) groups is 3. The van der Waals surface area contributed by atoms with Gasteiger partial charge < -0.3 is 11.1 Å². The van der Waals surface area contributed by atoms with Crippen molar-refractivity contribution in [2.24, 2.45) is 0 Å². The third-order valence-electron chi connectivity index (χ3n) is 3.96. The second kappa shape index (κ2) is 7.64. The number of hydrogen-bond donors (Lipinski definition) is 2. The first-order valence-corrected chi connectivity index (χ1v) is 8.85. The molecule has 0 spiro atoms. The zero-order valence-electron chi connectivity index (χ0n) is 14.2. The van der Waals surface area contributed by atoms with Gasteiger partial charge in [-0.2, -0.15) is 0 Å². The molecule has 0 bridgehead atoms. The molecule has 0 saturated carbocycles. The van der Waals surface area contributed by atoms with Gasteiger partial charge in [0, 0.05) is 5.69 Å². The molecular weight excluding hydrogens is 391 g/mol. The van der Waals surface area contributed by atoms with Crippen LogP contribution in [0, 0.1) is 15.9 Å². The van der Waals surface area contributed by atoms with Crippen LogP contribution in [0.25, 0.3) is 0 Å². The topological polar surface area (TPSA) is 136 Å². The maximum atomic E-state index is 13.6. The van der Waals surface area contributed by atoms with E-state index in [1.807, 2.05) is 0 Å². The lowest BCUT2D eigenvalue weighted by molar-refractivity contribution is -0.384. The maximum absolute atomic E-state index is 13.6. The summed E-state index contributed by atoms with van der Waals surface area (Å²) in [6, 6.07) is 7.71. The van der Waals surface area contributed by atoms with Crippen LogP contribution in [0.4, 0.5) is 26.2 Å². The number of carbonyl (C=O) groups excluding carboxylic acids is 3. The fraction of sp³-hybridized carbons (Fsp3) is 0.118. The molecule has 0 unspecified atom stereocenters. The number of imide groups is 1. The molecule has 1 fully saturated rings. The van der Waals surface area contributed by atoms with Crippen LogP contribution >= 0.6 is 11.8 Å². The number of halogens is 1. The largest absolute Gasteiger partial charge is 0.393 e. The summed E-state index contributed by atoms with van der Waals surface area (Å²) < 4.78 is 13.6. The number of nitrogen functional groups attached to an aromatic ring is 1. The fourth-order valence-electron chi connectivity index (χ4n) is 2.55. The van der Waals surface area contributed by atoms with Gasteiger partial charge in [0.1, 0.15) is 11.5 Å². The van der Waals surface area contributed by atoms with E-state index in [2.05, 4.69) is 5.32 Å². The first-order valence-electron chi connectivity index (χ1n) is 7.87. The van der Waals surface area contributed by atoms with Gasteiger partial charge in [-0.05, 0) is 23.8 Å². The maximum Gasteiger partial charge on any atom is 0.295 e. The number of nitro benzene ring substituents is 1. The molecule has 1 saturated heterocycles. The van der Waals surface area contributed by atoms with Crippen molar-refractivity contribution in [3.05, 3.63) is 63.5 Å². The highest BCUT2D eigenvalue weighted by Gasteiger charge is 2.29. The van der Waals surface area contributed by atoms with Crippen molar-refractivity contribution in [1.82, 2.24) is 4.90 Å². The second-order valence-electron chi connectivity index (χ2n) is 5.83. The van der Waals surface area contributed by atoms with Gasteiger partial charge in [-0.25, -0.2) is 4.39 Å². The highest BCUT2D eigenvalue weighted by atomic mass is 32.2. The molecule has 3 N–H and O–H groups in total. The number of anilines is 2. The standard InChI is InChI=1S/C17H13FN4O5S/c18-10-5-12(15(19)13(6-10)22(26)27)16(24)20-11-3-1-9(2-4-11)7-21-14(23)8-28-17(21)25/h1-6H,7-8,19H2,(H,20,24). The second-order valence-corrected chi connectivity index (χ2v) is 6.76. The molecule has 144 valence electrons. The molecule has 2 aromatic rings. The Bertz CT molecular complexity index is 980. The van der Waals surface area contributed by atoms with E-state index in [0.29, 0.717) is 17.3 Å². The molecule has 0 atom stereocenters. The van der Waals surface area contributed by atoms with Crippen LogP contribution in [0.3, 0.4) is 0 Å². The Hall–Kier alpha value is -3.47. The van der Waals surface area contributed by atoms with E-state index in [0.717, 1.165) is 22.7 Å². The zero-order valence-corrected chi connectivity index (χ0v) is 15.0. The molecule has 9 nitrogen and oxygen atoms in total. The van der Waals surface area contributed by atoms with Crippen molar-refractivity contribution in [2.75, 3.05) is 16.8 Å². The van der Waals surface area contributed by atoms with Crippen molar-refractivity contribution in [1.29, 1.82) is 0 Å². The lowest BCUT2D eigenvalue weighted by Gasteiger charge is -2.13. The molecule has 1 aliphatic rings. The number of nitrogens with two attached hydrogens (primary N) is 1. The Labute approximate surface area is 161 Å². The van der Waals surface area contributed by atoms with E-state index in [9.17, 15) is 28.9 Å². The van der Waals surface area contributed by atoms with E-state index in [-0.39, 0.29) is 29.0 Å². The summed E-state index contributed by atoms with van der Waals surface area (Å²) in [7, 11) is 0. The molecule has 1 heterocycles. The van der Waals surface area contributed by atoms with E-state index in [4.69, 9.17) is 5.73 Å². The number of rotatable bonds is 5. The van der Waals surface area contributed by atoms with Gasteiger partial charge >= 0.3 is 0 Å². The number of nitro groups is 1. The normalized spacial score (nSPS) is 13.7. The van der Waals surface area contributed by atoms with Gasteiger partial charge in [-0.3, -0.25) is 29.4 Å². The number of nitrogens with one attached hydrogen (secondary N) is 1. The van der Waals surface area contributed by atoms with Gasteiger partial charge in [0.05, 0.1) is 28.9 Å². The summed E-state index contributed by atoms with van der Waals surface area (Å²) in [5, 5.41) is 13.1. The minimum Gasteiger partial charge on any atom is -0.393 e. The molecule has 11 heteroatoms. The van der Waals surface area contributed by atoms with Crippen LogP contribution in [0.15, 0.2) is 36.4 Å². The Kier molecular flexibility index (Phi) is 5.27. The Morgan fingerprint density at radius 3 is 2.54 bits per heavy atom. The Balaban J connectivity index is 1.74. The summed E-state index contributed by atoms with van der Waals surface area (Å²) in [5.41, 5.74) is 5.11. The van der Waals surface area contributed by atoms with E-state index < -0.39 is 28.0 Å². The summed E-state index contributed by atoms with van der Waals surface area (Å²) in [5.74, 6) is -1.92. The lowest BCUT2D eigenvalue weighted by atomic mass is 10.1. The van der Waals surface area contributed by atoms with Crippen molar-refractivity contribution in [3.63, 3.8) is 0 Å². The zero-order chi connectivity index (χ0) is 20.4. The monoisotopic (exact) mass is 404 g/mol. The number of amides is 3. The smallest absolute Gasteiger partial charge is 0.295 e. The average molecular weight is 404 g/mol. The first-order chi connectivity index (χ1) is 13.3. The van der Waals surface area contributed by atoms with E-state index in [1.54, 1.807) is 12.1 Å². The molecule has 1 aliphatic heterocycles. The van der Waals surface area contributed by atoms with Gasteiger partial charge in [0.15, 0.2) is 0 Å². The molecule has 3 amide bonds. The average Bonchev–Trinajstić information content (AvgIpc) is 2.96. The summed E-state index contributed by atoms with van der Waals surface area (Å²) >= 11 is 0.938. The fourth-order valence-corrected chi connectivity index (χ4v) is 3.28.